The van der Waals surface area contributed by atoms with Crippen molar-refractivity contribution < 1.29 is 0 Å². The normalized spacial score (nSPS) is 32.1. The Hall–Kier alpha value is 0. The molecule has 0 nitrogen and oxygen atoms in total. The summed E-state index contributed by atoms with van der Waals surface area (Å²) >= 11 is 0. The minimum absolute atomic E-state index is 0.882. The van der Waals surface area contributed by atoms with Crippen LogP contribution in [0.5, 0.6) is 0 Å². The van der Waals surface area contributed by atoms with Crippen molar-refractivity contribution in [2.75, 3.05) is 0 Å². The predicted octanol–water partition coefficient (Wildman–Crippen LogP) is 4.49. The van der Waals surface area contributed by atoms with E-state index >= 15 is 0 Å². The van der Waals surface area contributed by atoms with Crippen molar-refractivity contribution in [3.63, 3.8) is 0 Å². The highest BCUT2D eigenvalue weighted by Gasteiger charge is 2.23. The molecule has 1 aliphatic carbocycles. The Labute approximate surface area is 84.1 Å². The highest BCUT2D eigenvalue weighted by atomic mass is 14.3. The van der Waals surface area contributed by atoms with Crippen LogP contribution in [0.2, 0.25) is 0 Å². The standard InChI is InChI=1S/C13H26/c1-10(2)8-12(4)13-7-5-6-11(3)9-13/h10-13H,5-9H2,1-4H3. The molecule has 1 fully saturated rings. The summed E-state index contributed by atoms with van der Waals surface area (Å²) in [7, 11) is 0. The molecule has 0 radical (unpaired) electrons. The maximum absolute atomic E-state index is 2.46. The van der Waals surface area contributed by atoms with E-state index in [1.807, 2.05) is 0 Å². The van der Waals surface area contributed by atoms with Crippen LogP contribution in [0.4, 0.5) is 0 Å². The van der Waals surface area contributed by atoms with Gasteiger partial charge < -0.3 is 0 Å². The zero-order valence-electron chi connectivity index (χ0n) is 9.84. The molecule has 1 rings (SSSR count). The van der Waals surface area contributed by atoms with Crippen LogP contribution in [0, 0.1) is 23.7 Å². The number of hydrogen-bond donors (Lipinski definition) is 0. The molecule has 13 heavy (non-hydrogen) atoms. The SMILES string of the molecule is CC(C)CC(C)C1CCCC(C)C1. The van der Waals surface area contributed by atoms with E-state index in [4.69, 9.17) is 0 Å². The van der Waals surface area contributed by atoms with Crippen LogP contribution in [0.25, 0.3) is 0 Å². The fourth-order valence-electron chi connectivity index (χ4n) is 2.93. The lowest BCUT2D eigenvalue weighted by atomic mass is 9.74. The Morgan fingerprint density at radius 1 is 1.15 bits per heavy atom. The van der Waals surface area contributed by atoms with E-state index in [0.717, 1.165) is 23.7 Å². The first-order chi connectivity index (χ1) is 6.09. The molecule has 3 unspecified atom stereocenters. The highest BCUT2D eigenvalue weighted by Crippen LogP contribution is 2.35. The van der Waals surface area contributed by atoms with E-state index in [0.29, 0.717) is 0 Å². The molecule has 0 aromatic heterocycles. The van der Waals surface area contributed by atoms with Gasteiger partial charge in [-0.3, -0.25) is 0 Å². The first-order valence-electron chi connectivity index (χ1n) is 6.09. The maximum Gasteiger partial charge on any atom is -0.0386 e. The van der Waals surface area contributed by atoms with Gasteiger partial charge in [-0.15, -0.1) is 0 Å². The summed E-state index contributed by atoms with van der Waals surface area (Å²) in [6, 6.07) is 0. The summed E-state index contributed by atoms with van der Waals surface area (Å²) in [6.07, 6.45) is 7.38. The van der Waals surface area contributed by atoms with Gasteiger partial charge in [0.15, 0.2) is 0 Å². The van der Waals surface area contributed by atoms with E-state index < -0.39 is 0 Å². The monoisotopic (exact) mass is 182 g/mol. The van der Waals surface area contributed by atoms with E-state index in [1.54, 1.807) is 0 Å². The minimum atomic E-state index is 0.882. The molecule has 0 saturated heterocycles. The van der Waals surface area contributed by atoms with Crippen LogP contribution < -0.4 is 0 Å². The lowest BCUT2D eigenvalue weighted by Gasteiger charge is -2.32. The summed E-state index contributed by atoms with van der Waals surface area (Å²) in [5.74, 6) is 3.87. The summed E-state index contributed by atoms with van der Waals surface area (Å²) in [5, 5.41) is 0. The van der Waals surface area contributed by atoms with E-state index in [9.17, 15) is 0 Å². The first-order valence-corrected chi connectivity index (χ1v) is 6.09. The van der Waals surface area contributed by atoms with Gasteiger partial charge in [-0.1, -0.05) is 47.0 Å². The number of hydrogen-bond acceptors (Lipinski definition) is 0. The third kappa shape index (κ3) is 3.70. The molecular formula is C13H26. The second kappa shape index (κ2) is 5.02. The summed E-state index contributed by atoms with van der Waals surface area (Å²) in [4.78, 5) is 0. The van der Waals surface area contributed by atoms with Crippen molar-refractivity contribution in [1.29, 1.82) is 0 Å². The Kier molecular flexibility index (Phi) is 4.28. The lowest BCUT2D eigenvalue weighted by Crippen LogP contribution is -2.20. The molecule has 0 bridgehead atoms. The topological polar surface area (TPSA) is 0 Å². The molecule has 1 aliphatic rings. The van der Waals surface area contributed by atoms with E-state index in [2.05, 4.69) is 27.7 Å². The molecule has 0 aliphatic heterocycles. The van der Waals surface area contributed by atoms with E-state index in [-0.39, 0.29) is 0 Å². The molecule has 1 saturated carbocycles. The molecule has 0 amide bonds. The molecule has 0 aromatic rings. The van der Waals surface area contributed by atoms with Crippen molar-refractivity contribution >= 4 is 0 Å². The first kappa shape index (κ1) is 11.1. The Morgan fingerprint density at radius 2 is 1.85 bits per heavy atom. The molecule has 0 heteroatoms. The Bertz CT molecular complexity index is 137. The van der Waals surface area contributed by atoms with Crippen LogP contribution in [-0.4, -0.2) is 0 Å². The van der Waals surface area contributed by atoms with Crippen molar-refractivity contribution in [2.24, 2.45) is 23.7 Å². The lowest BCUT2D eigenvalue weighted by molar-refractivity contribution is 0.195. The minimum Gasteiger partial charge on any atom is -0.0628 e. The molecule has 0 N–H and O–H groups in total. The van der Waals surface area contributed by atoms with Gasteiger partial charge in [-0.05, 0) is 36.5 Å². The Balaban J connectivity index is 2.32. The zero-order chi connectivity index (χ0) is 9.84. The van der Waals surface area contributed by atoms with Gasteiger partial charge >= 0.3 is 0 Å². The average molecular weight is 182 g/mol. The van der Waals surface area contributed by atoms with Gasteiger partial charge in [0, 0.05) is 0 Å². The molecule has 0 heterocycles. The van der Waals surface area contributed by atoms with Crippen LogP contribution in [0.15, 0.2) is 0 Å². The third-order valence-electron chi connectivity index (χ3n) is 3.62. The van der Waals surface area contributed by atoms with Crippen molar-refractivity contribution in [3.05, 3.63) is 0 Å². The smallest absolute Gasteiger partial charge is 0.0386 e. The fraction of sp³-hybridized carbons (Fsp3) is 1.00. The third-order valence-corrected chi connectivity index (χ3v) is 3.62. The molecular weight excluding hydrogens is 156 g/mol. The van der Waals surface area contributed by atoms with Crippen LogP contribution in [0.3, 0.4) is 0 Å². The van der Waals surface area contributed by atoms with Crippen LogP contribution >= 0.6 is 0 Å². The van der Waals surface area contributed by atoms with Crippen LogP contribution in [0.1, 0.15) is 59.8 Å². The largest absolute Gasteiger partial charge is 0.0628 e. The quantitative estimate of drug-likeness (QED) is 0.603. The second-order valence-corrected chi connectivity index (χ2v) is 5.64. The summed E-state index contributed by atoms with van der Waals surface area (Å²) in [5.41, 5.74) is 0. The van der Waals surface area contributed by atoms with Gasteiger partial charge in [0.25, 0.3) is 0 Å². The average Bonchev–Trinajstić information content (AvgIpc) is 2.03. The Morgan fingerprint density at radius 3 is 2.38 bits per heavy atom. The van der Waals surface area contributed by atoms with Gasteiger partial charge in [0.1, 0.15) is 0 Å². The van der Waals surface area contributed by atoms with E-state index in [1.165, 1.54) is 32.1 Å². The molecule has 78 valence electrons. The molecule has 0 aromatic carbocycles. The van der Waals surface area contributed by atoms with Crippen molar-refractivity contribution in [1.82, 2.24) is 0 Å². The second-order valence-electron chi connectivity index (χ2n) is 5.64. The van der Waals surface area contributed by atoms with Gasteiger partial charge in [-0.2, -0.15) is 0 Å². The number of rotatable bonds is 3. The highest BCUT2D eigenvalue weighted by molar-refractivity contribution is 4.75. The summed E-state index contributed by atoms with van der Waals surface area (Å²) in [6.45, 7) is 9.59. The van der Waals surface area contributed by atoms with Gasteiger partial charge in [-0.25, -0.2) is 0 Å². The zero-order valence-corrected chi connectivity index (χ0v) is 9.84. The fourth-order valence-corrected chi connectivity index (χ4v) is 2.93. The maximum atomic E-state index is 2.46. The predicted molar refractivity (Wildman–Crippen MR) is 59.7 cm³/mol. The van der Waals surface area contributed by atoms with Crippen molar-refractivity contribution in [3.8, 4) is 0 Å². The van der Waals surface area contributed by atoms with Gasteiger partial charge in [0.2, 0.25) is 0 Å². The molecule has 0 spiro atoms. The van der Waals surface area contributed by atoms with Gasteiger partial charge in [0.05, 0.1) is 0 Å². The summed E-state index contributed by atoms with van der Waals surface area (Å²) < 4.78 is 0. The van der Waals surface area contributed by atoms with Crippen molar-refractivity contribution in [2.45, 2.75) is 59.8 Å². The van der Waals surface area contributed by atoms with Crippen LogP contribution in [-0.2, 0) is 0 Å². The molecule has 3 atom stereocenters.